The van der Waals surface area contributed by atoms with Crippen LogP contribution in [0.1, 0.15) is 0 Å². The number of ketones is 2. The van der Waals surface area contributed by atoms with Gasteiger partial charge in [0, 0.05) is 0 Å². The van der Waals surface area contributed by atoms with E-state index in [0.717, 1.165) is 6.08 Å². The lowest BCUT2D eigenvalue weighted by atomic mass is 10.3. The summed E-state index contributed by atoms with van der Waals surface area (Å²) < 4.78 is 28.4. The van der Waals surface area contributed by atoms with Crippen LogP contribution in [0.25, 0.3) is 0 Å². The summed E-state index contributed by atoms with van der Waals surface area (Å²) in [5.41, 5.74) is 0. The largest absolute Gasteiger partial charge is 0.588 e. The summed E-state index contributed by atoms with van der Waals surface area (Å²) in [6, 6.07) is 16.4. The molecule has 0 heterocycles. The average Bonchev–Trinajstić information content (AvgIpc) is 2.60. The Hall–Kier alpha value is -2.69. The van der Waals surface area contributed by atoms with Crippen molar-refractivity contribution in [2.24, 2.45) is 0 Å². The van der Waals surface area contributed by atoms with E-state index in [2.05, 4.69) is 6.58 Å². The minimum Gasteiger partial charge on any atom is -0.395 e. The maximum Gasteiger partial charge on any atom is 0.588 e. The van der Waals surface area contributed by atoms with Gasteiger partial charge in [-0.25, -0.2) is 4.57 Å². The van der Waals surface area contributed by atoms with E-state index < -0.39 is 26.0 Å². The van der Waals surface area contributed by atoms with Gasteiger partial charge in [-0.2, -0.15) is 0 Å². The van der Waals surface area contributed by atoms with Crippen LogP contribution in [-0.4, -0.2) is 18.2 Å². The average molecular weight is 346 g/mol. The van der Waals surface area contributed by atoms with Gasteiger partial charge in [-0.3, -0.25) is 14.1 Å². The van der Waals surface area contributed by atoms with E-state index in [0.29, 0.717) is 0 Å². The molecule has 6 nitrogen and oxygen atoms in total. The molecular formula is C17H15O6P. The van der Waals surface area contributed by atoms with Gasteiger partial charge in [0.1, 0.15) is 18.1 Å². The molecular weight excluding hydrogens is 331 g/mol. The third-order valence-electron chi connectivity index (χ3n) is 2.73. The zero-order valence-electron chi connectivity index (χ0n) is 12.7. The lowest BCUT2D eigenvalue weighted by Crippen LogP contribution is -2.18. The van der Waals surface area contributed by atoms with E-state index in [1.54, 1.807) is 60.7 Å². The first-order chi connectivity index (χ1) is 11.5. The van der Waals surface area contributed by atoms with Crippen molar-refractivity contribution in [1.82, 2.24) is 0 Å². The highest BCUT2D eigenvalue weighted by atomic mass is 31.2. The molecule has 24 heavy (non-hydrogen) atoms. The summed E-state index contributed by atoms with van der Waals surface area (Å²) in [5, 5.41) is 0. The SMILES string of the molecule is C=CC(=O)C(=O)COP(=O)(Oc1ccccc1)Oc1ccccc1. The van der Waals surface area contributed by atoms with Crippen LogP contribution < -0.4 is 9.05 Å². The third kappa shape index (κ3) is 5.19. The summed E-state index contributed by atoms with van der Waals surface area (Å²) in [7, 11) is -4.17. The fraction of sp³-hybridized carbons (Fsp3) is 0.0588. The predicted octanol–water partition coefficient (Wildman–Crippen LogP) is 3.59. The van der Waals surface area contributed by atoms with Crippen molar-refractivity contribution in [1.29, 1.82) is 0 Å². The monoisotopic (exact) mass is 346 g/mol. The molecule has 0 aliphatic heterocycles. The maximum atomic E-state index is 12.8. The van der Waals surface area contributed by atoms with Crippen molar-refractivity contribution in [3.8, 4) is 11.5 Å². The molecule has 0 saturated carbocycles. The molecule has 0 aromatic heterocycles. The molecule has 2 aromatic carbocycles. The summed E-state index contributed by atoms with van der Waals surface area (Å²) in [6.45, 7) is 2.46. The maximum absolute atomic E-state index is 12.8. The predicted molar refractivity (Wildman–Crippen MR) is 87.9 cm³/mol. The lowest BCUT2D eigenvalue weighted by molar-refractivity contribution is -0.135. The Morgan fingerprint density at radius 2 is 1.38 bits per heavy atom. The van der Waals surface area contributed by atoms with E-state index >= 15 is 0 Å². The van der Waals surface area contributed by atoms with Crippen LogP contribution in [0.5, 0.6) is 11.5 Å². The van der Waals surface area contributed by atoms with Crippen molar-refractivity contribution in [2.75, 3.05) is 6.61 Å². The Labute approximate surface area is 139 Å². The van der Waals surface area contributed by atoms with Gasteiger partial charge in [0.2, 0.25) is 11.6 Å². The number of rotatable bonds is 9. The summed E-state index contributed by atoms with van der Waals surface area (Å²) in [6.07, 6.45) is 0.854. The molecule has 0 fully saturated rings. The zero-order valence-corrected chi connectivity index (χ0v) is 13.6. The van der Waals surface area contributed by atoms with Crippen LogP contribution in [0.2, 0.25) is 0 Å². The fourth-order valence-electron chi connectivity index (χ4n) is 1.61. The van der Waals surface area contributed by atoms with Gasteiger partial charge in [0.25, 0.3) is 0 Å². The molecule has 0 aliphatic rings. The third-order valence-corrected chi connectivity index (χ3v) is 4.05. The van der Waals surface area contributed by atoms with Gasteiger partial charge in [-0.05, 0) is 30.3 Å². The first-order valence-corrected chi connectivity index (χ1v) is 8.42. The number of allylic oxidation sites excluding steroid dienone is 1. The van der Waals surface area contributed by atoms with Crippen molar-refractivity contribution >= 4 is 19.4 Å². The summed E-state index contributed by atoms with van der Waals surface area (Å²) >= 11 is 0. The number of carbonyl (C=O) groups is 2. The summed E-state index contributed by atoms with van der Waals surface area (Å²) in [5.74, 6) is -1.28. The number of phosphoric acid groups is 1. The second kappa shape index (κ2) is 8.24. The Bertz CT molecular complexity index is 712. The molecule has 0 aliphatic carbocycles. The van der Waals surface area contributed by atoms with E-state index in [4.69, 9.17) is 13.6 Å². The number of benzene rings is 2. The molecule has 0 bridgehead atoms. The van der Waals surface area contributed by atoms with Gasteiger partial charge >= 0.3 is 7.82 Å². The van der Waals surface area contributed by atoms with Crippen LogP contribution in [0, 0.1) is 0 Å². The second-order valence-electron chi connectivity index (χ2n) is 4.52. The number of para-hydroxylation sites is 2. The van der Waals surface area contributed by atoms with Crippen molar-refractivity contribution in [2.45, 2.75) is 0 Å². The Balaban J connectivity index is 2.17. The number of hydrogen-bond acceptors (Lipinski definition) is 6. The van der Waals surface area contributed by atoms with Crippen LogP contribution in [-0.2, 0) is 18.7 Å². The molecule has 7 heteroatoms. The molecule has 2 aromatic rings. The highest BCUT2D eigenvalue weighted by Crippen LogP contribution is 2.49. The van der Waals surface area contributed by atoms with Gasteiger partial charge in [0.05, 0.1) is 0 Å². The molecule has 0 radical (unpaired) electrons. The first kappa shape index (κ1) is 17.7. The topological polar surface area (TPSA) is 78.9 Å². The molecule has 0 atom stereocenters. The van der Waals surface area contributed by atoms with E-state index in [9.17, 15) is 14.2 Å². The number of Topliss-reactive ketones (excluding diaryl/α,β-unsaturated/α-hetero) is 1. The fourth-order valence-corrected chi connectivity index (χ4v) is 2.79. The van der Waals surface area contributed by atoms with Crippen LogP contribution >= 0.6 is 7.82 Å². The minimum atomic E-state index is -4.17. The van der Waals surface area contributed by atoms with E-state index in [1.165, 1.54) is 0 Å². The second-order valence-corrected chi connectivity index (χ2v) is 6.04. The zero-order chi connectivity index (χ0) is 17.4. The Kier molecular flexibility index (Phi) is 6.07. The Morgan fingerprint density at radius 1 is 0.917 bits per heavy atom. The van der Waals surface area contributed by atoms with Gasteiger partial charge in [0.15, 0.2) is 0 Å². The minimum absolute atomic E-state index is 0.235. The van der Waals surface area contributed by atoms with Gasteiger partial charge in [-0.1, -0.05) is 43.0 Å². The van der Waals surface area contributed by atoms with Crippen molar-refractivity contribution in [3.63, 3.8) is 0 Å². The normalized spacial score (nSPS) is 10.7. The van der Waals surface area contributed by atoms with E-state index in [-0.39, 0.29) is 11.5 Å². The molecule has 124 valence electrons. The molecule has 0 spiro atoms. The first-order valence-electron chi connectivity index (χ1n) is 6.96. The smallest absolute Gasteiger partial charge is 0.395 e. The lowest BCUT2D eigenvalue weighted by Gasteiger charge is -2.18. The van der Waals surface area contributed by atoms with Crippen LogP contribution in [0.15, 0.2) is 73.3 Å². The standard InChI is InChI=1S/C17H15O6P/c1-2-16(18)17(19)13-21-24(20,22-14-9-5-3-6-10-14)23-15-11-7-4-8-12-15/h2-12H,1,13H2. The van der Waals surface area contributed by atoms with Crippen LogP contribution in [0.4, 0.5) is 0 Å². The summed E-state index contributed by atoms with van der Waals surface area (Å²) in [4.78, 5) is 22.8. The Morgan fingerprint density at radius 3 is 1.79 bits per heavy atom. The molecule has 0 saturated heterocycles. The molecule has 2 rings (SSSR count). The highest BCUT2D eigenvalue weighted by Gasteiger charge is 2.32. The molecule has 0 amide bonds. The van der Waals surface area contributed by atoms with E-state index in [1.807, 2.05) is 0 Å². The highest BCUT2D eigenvalue weighted by molar-refractivity contribution is 7.49. The van der Waals surface area contributed by atoms with Crippen molar-refractivity contribution < 1.29 is 27.7 Å². The molecule has 0 N–H and O–H groups in total. The van der Waals surface area contributed by atoms with Gasteiger partial charge in [-0.15, -0.1) is 0 Å². The van der Waals surface area contributed by atoms with Crippen LogP contribution in [0.3, 0.4) is 0 Å². The number of hydrogen-bond donors (Lipinski definition) is 0. The number of phosphoric ester groups is 1. The van der Waals surface area contributed by atoms with Gasteiger partial charge < -0.3 is 9.05 Å². The number of carbonyl (C=O) groups excluding carboxylic acids is 2. The molecule has 0 unspecified atom stereocenters. The quantitative estimate of drug-likeness (QED) is 0.392. The van der Waals surface area contributed by atoms with Crippen molar-refractivity contribution in [3.05, 3.63) is 73.3 Å².